The van der Waals surface area contributed by atoms with Gasteiger partial charge >= 0.3 is 0 Å². The monoisotopic (exact) mass is 350 g/mol. The maximum atomic E-state index is 13.2. The average Bonchev–Trinajstić information content (AvgIpc) is 3.38. The van der Waals surface area contributed by atoms with Crippen LogP contribution in [0.3, 0.4) is 0 Å². The molecule has 0 spiro atoms. The van der Waals surface area contributed by atoms with E-state index >= 15 is 0 Å². The maximum absolute atomic E-state index is 13.2. The SMILES string of the molecule is C[C@@H](C(=O)NC1CC1)[NH+]1CC[NH+](CC(=O)Nc2cccc(F)c2)CC1. The van der Waals surface area contributed by atoms with E-state index in [0.717, 1.165) is 39.0 Å². The van der Waals surface area contributed by atoms with Crippen LogP contribution in [0.15, 0.2) is 24.3 Å². The van der Waals surface area contributed by atoms with Crippen molar-refractivity contribution in [3.8, 4) is 0 Å². The van der Waals surface area contributed by atoms with Gasteiger partial charge in [0, 0.05) is 11.7 Å². The molecule has 1 aliphatic heterocycles. The Kier molecular flexibility index (Phi) is 5.65. The second-order valence-electron chi connectivity index (χ2n) is 7.15. The van der Waals surface area contributed by atoms with Gasteiger partial charge in [0.15, 0.2) is 12.6 Å². The van der Waals surface area contributed by atoms with Gasteiger partial charge in [-0.05, 0) is 38.0 Å². The molecule has 0 radical (unpaired) electrons. The van der Waals surface area contributed by atoms with Gasteiger partial charge in [0.05, 0.1) is 0 Å². The lowest BCUT2D eigenvalue weighted by atomic mass is 10.2. The molecule has 2 amide bonds. The number of rotatable bonds is 6. The highest BCUT2D eigenvalue weighted by Gasteiger charge is 2.34. The standard InChI is InChI=1S/C18H25FN4O2/c1-13(18(25)21-15-5-6-15)23-9-7-22(8-10-23)12-17(24)20-16-4-2-3-14(19)11-16/h2-4,11,13,15H,5-10,12H2,1H3,(H,20,24)(H,21,25)/p+2/t13-/m0/s1. The number of anilines is 1. The molecule has 0 aromatic heterocycles. The van der Waals surface area contributed by atoms with Crippen LogP contribution in [-0.4, -0.2) is 56.6 Å². The predicted octanol–water partition coefficient (Wildman–Crippen LogP) is -1.79. The van der Waals surface area contributed by atoms with Crippen LogP contribution >= 0.6 is 0 Å². The summed E-state index contributed by atoms with van der Waals surface area (Å²) in [7, 11) is 0. The Morgan fingerprint density at radius 2 is 1.96 bits per heavy atom. The van der Waals surface area contributed by atoms with Crippen molar-refractivity contribution in [2.75, 3.05) is 38.0 Å². The lowest BCUT2D eigenvalue weighted by Crippen LogP contribution is -3.30. The fraction of sp³-hybridized carbons (Fsp3) is 0.556. The van der Waals surface area contributed by atoms with Gasteiger partial charge in [0.25, 0.3) is 11.8 Å². The minimum atomic E-state index is -0.360. The van der Waals surface area contributed by atoms with E-state index in [4.69, 9.17) is 0 Å². The summed E-state index contributed by atoms with van der Waals surface area (Å²) in [5.74, 6) is -0.325. The molecule has 1 heterocycles. The number of piperazine rings is 1. The smallest absolute Gasteiger partial charge is 0.279 e. The molecule has 2 fully saturated rings. The van der Waals surface area contributed by atoms with Crippen LogP contribution in [0.25, 0.3) is 0 Å². The fourth-order valence-corrected chi connectivity index (χ4v) is 3.27. The van der Waals surface area contributed by atoms with Crippen LogP contribution in [0.5, 0.6) is 0 Å². The molecule has 3 rings (SSSR count). The zero-order valence-electron chi connectivity index (χ0n) is 14.6. The van der Waals surface area contributed by atoms with Crippen molar-refractivity contribution in [1.29, 1.82) is 0 Å². The number of hydrogen-bond acceptors (Lipinski definition) is 2. The summed E-state index contributed by atoms with van der Waals surface area (Å²) in [5.41, 5.74) is 0.485. The van der Waals surface area contributed by atoms with Crippen LogP contribution < -0.4 is 20.4 Å². The third-order valence-corrected chi connectivity index (χ3v) is 5.05. The van der Waals surface area contributed by atoms with Crippen LogP contribution in [0.4, 0.5) is 10.1 Å². The lowest BCUT2D eigenvalue weighted by Gasteiger charge is -2.32. The molecule has 1 aromatic carbocycles. The summed E-state index contributed by atoms with van der Waals surface area (Å²) < 4.78 is 13.2. The molecule has 6 nitrogen and oxygen atoms in total. The number of halogens is 1. The van der Waals surface area contributed by atoms with Gasteiger partial charge in [0.1, 0.15) is 32.0 Å². The minimum absolute atomic E-state index is 0.0386. The molecular formula is C18H27FN4O2+2. The van der Waals surface area contributed by atoms with E-state index in [9.17, 15) is 14.0 Å². The number of hydrogen-bond donors (Lipinski definition) is 4. The first-order chi connectivity index (χ1) is 12.0. The predicted molar refractivity (Wildman–Crippen MR) is 91.9 cm³/mol. The van der Waals surface area contributed by atoms with Gasteiger partial charge in [0.2, 0.25) is 0 Å². The summed E-state index contributed by atoms with van der Waals surface area (Å²) in [6.07, 6.45) is 2.21. The summed E-state index contributed by atoms with van der Waals surface area (Å²) in [6.45, 7) is 5.81. The molecule has 1 aliphatic carbocycles. The second-order valence-corrected chi connectivity index (χ2v) is 7.15. The third kappa shape index (κ3) is 5.24. The van der Waals surface area contributed by atoms with Crippen LogP contribution in [-0.2, 0) is 9.59 Å². The first-order valence-corrected chi connectivity index (χ1v) is 9.05. The number of quaternary nitrogens is 2. The Morgan fingerprint density at radius 1 is 1.24 bits per heavy atom. The third-order valence-electron chi connectivity index (χ3n) is 5.05. The zero-order valence-corrected chi connectivity index (χ0v) is 14.6. The highest BCUT2D eigenvalue weighted by Crippen LogP contribution is 2.18. The second kappa shape index (κ2) is 7.93. The van der Waals surface area contributed by atoms with Crippen molar-refractivity contribution in [2.24, 2.45) is 0 Å². The van der Waals surface area contributed by atoms with E-state index in [2.05, 4.69) is 10.6 Å². The van der Waals surface area contributed by atoms with Gasteiger partial charge in [-0.25, -0.2) is 4.39 Å². The van der Waals surface area contributed by atoms with Crippen molar-refractivity contribution in [3.05, 3.63) is 30.1 Å². The lowest BCUT2D eigenvalue weighted by molar-refractivity contribution is -1.01. The molecule has 1 atom stereocenters. The van der Waals surface area contributed by atoms with Gasteiger partial charge < -0.3 is 20.4 Å². The highest BCUT2D eigenvalue weighted by atomic mass is 19.1. The van der Waals surface area contributed by atoms with E-state index in [1.165, 1.54) is 21.9 Å². The maximum Gasteiger partial charge on any atom is 0.279 e. The average molecular weight is 350 g/mol. The number of carbonyl (C=O) groups is 2. The van der Waals surface area contributed by atoms with Gasteiger partial charge in [-0.15, -0.1) is 0 Å². The minimum Gasteiger partial charge on any atom is -0.348 e. The highest BCUT2D eigenvalue weighted by molar-refractivity contribution is 5.91. The van der Waals surface area contributed by atoms with Crippen molar-refractivity contribution in [1.82, 2.24) is 5.32 Å². The van der Waals surface area contributed by atoms with Crippen LogP contribution in [0.2, 0.25) is 0 Å². The Bertz CT molecular complexity index is 627. The molecule has 4 N–H and O–H groups in total. The van der Waals surface area contributed by atoms with Gasteiger partial charge in [-0.2, -0.15) is 0 Å². The molecule has 136 valence electrons. The van der Waals surface area contributed by atoms with Crippen LogP contribution in [0.1, 0.15) is 19.8 Å². The summed E-state index contributed by atoms with van der Waals surface area (Å²) in [4.78, 5) is 26.8. The molecule has 1 saturated carbocycles. The first-order valence-electron chi connectivity index (χ1n) is 9.05. The summed E-state index contributed by atoms with van der Waals surface area (Å²) in [5, 5.41) is 5.80. The quantitative estimate of drug-likeness (QED) is 0.490. The van der Waals surface area contributed by atoms with Crippen molar-refractivity contribution in [3.63, 3.8) is 0 Å². The molecule has 1 saturated heterocycles. The van der Waals surface area contributed by atoms with Crippen molar-refractivity contribution < 1.29 is 23.8 Å². The first kappa shape index (κ1) is 17.8. The van der Waals surface area contributed by atoms with E-state index in [1.807, 2.05) is 6.92 Å². The van der Waals surface area contributed by atoms with E-state index in [1.54, 1.807) is 12.1 Å². The Balaban J connectivity index is 1.41. The Labute approximate surface area is 147 Å². The number of nitrogens with one attached hydrogen (secondary N) is 4. The normalized spacial score (nSPS) is 24.4. The largest absolute Gasteiger partial charge is 0.348 e. The zero-order chi connectivity index (χ0) is 17.8. The van der Waals surface area contributed by atoms with Gasteiger partial charge in [-0.3, -0.25) is 9.59 Å². The molecule has 7 heteroatoms. The number of carbonyl (C=O) groups excluding carboxylic acids is 2. The Hall–Kier alpha value is -1.99. The molecule has 0 unspecified atom stereocenters. The van der Waals surface area contributed by atoms with Crippen molar-refractivity contribution in [2.45, 2.75) is 31.8 Å². The summed E-state index contributed by atoms with van der Waals surface area (Å²) >= 11 is 0. The summed E-state index contributed by atoms with van der Waals surface area (Å²) in [6, 6.07) is 6.28. The number of benzene rings is 1. The molecule has 25 heavy (non-hydrogen) atoms. The van der Waals surface area contributed by atoms with E-state index in [-0.39, 0.29) is 23.7 Å². The van der Waals surface area contributed by atoms with E-state index in [0.29, 0.717) is 18.3 Å². The molecule has 1 aromatic rings. The van der Waals surface area contributed by atoms with Crippen LogP contribution in [0, 0.1) is 5.82 Å². The molecule has 0 bridgehead atoms. The van der Waals surface area contributed by atoms with E-state index < -0.39 is 0 Å². The fourth-order valence-electron chi connectivity index (χ4n) is 3.27. The molecule has 2 aliphatic rings. The number of amides is 2. The van der Waals surface area contributed by atoms with Crippen molar-refractivity contribution >= 4 is 17.5 Å². The topological polar surface area (TPSA) is 67.1 Å². The van der Waals surface area contributed by atoms with Gasteiger partial charge in [-0.1, -0.05) is 6.07 Å². The molecular weight excluding hydrogens is 323 g/mol. The Morgan fingerprint density at radius 3 is 2.60 bits per heavy atom.